The SMILES string of the molecule is Cc1ccc(-c2cccc(-c3ccccc3)c2-n2c3ccccc3c3ccccc32)cc1C#N. The lowest BCUT2D eigenvalue weighted by Crippen LogP contribution is -2.01. The molecule has 160 valence electrons. The Kier molecular flexibility index (Phi) is 4.75. The van der Waals surface area contributed by atoms with E-state index in [4.69, 9.17) is 0 Å². The van der Waals surface area contributed by atoms with Crippen molar-refractivity contribution in [3.8, 4) is 34.0 Å². The first kappa shape index (κ1) is 20.0. The molecule has 34 heavy (non-hydrogen) atoms. The van der Waals surface area contributed by atoms with Crippen LogP contribution in [0.3, 0.4) is 0 Å². The van der Waals surface area contributed by atoms with E-state index in [0.29, 0.717) is 5.56 Å². The van der Waals surface area contributed by atoms with Gasteiger partial charge in [0.25, 0.3) is 0 Å². The zero-order chi connectivity index (χ0) is 23.1. The van der Waals surface area contributed by atoms with Crippen LogP contribution in [0.5, 0.6) is 0 Å². The van der Waals surface area contributed by atoms with Crippen molar-refractivity contribution < 1.29 is 0 Å². The van der Waals surface area contributed by atoms with Crippen molar-refractivity contribution >= 4 is 21.8 Å². The predicted octanol–water partition coefficient (Wildman–Crippen LogP) is 8.30. The summed E-state index contributed by atoms with van der Waals surface area (Å²) in [6, 6.07) is 42.7. The highest BCUT2D eigenvalue weighted by molar-refractivity contribution is 6.10. The van der Waals surface area contributed by atoms with Gasteiger partial charge in [-0.2, -0.15) is 5.26 Å². The summed E-state index contributed by atoms with van der Waals surface area (Å²) in [7, 11) is 0. The highest BCUT2D eigenvalue weighted by Crippen LogP contribution is 2.41. The molecule has 0 N–H and O–H groups in total. The van der Waals surface area contributed by atoms with Gasteiger partial charge < -0.3 is 4.57 Å². The summed E-state index contributed by atoms with van der Waals surface area (Å²) in [5, 5.41) is 12.2. The molecule has 6 rings (SSSR count). The molecule has 0 radical (unpaired) electrons. The van der Waals surface area contributed by atoms with E-state index in [-0.39, 0.29) is 0 Å². The van der Waals surface area contributed by atoms with Gasteiger partial charge in [-0.05, 0) is 41.8 Å². The number of benzene rings is 5. The van der Waals surface area contributed by atoms with E-state index in [1.54, 1.807) is 0 Å². The highest BCUT2D eigenvalue weighted by atomic mass is 15.0. The van der Waals surface area contributed by atoms with E-state index in [9.17, 15) is 5.26 Å². The Morgan fingerprint density at radius 3 is 1.82 bits per heavy atom. The monoisotopic (exact) mass is 434 g/mol. The number of hydrogen-bond donors (Lipinski definition) is 0. The molecule has 1 aromatic heterocycles. The number of aryl methyl sites for hydroxylation is 1. The van der Waals surface area contributed by atoms with Crippen LogP contribution >= 0.6 is 0 Å². The predicted molar refractivity (Wildman–Crippen MR) is 141 cm³/mol. The zero-order valence-corrected chi connectivity index (χ0v) is 18.9. The number of nitrogens with zero attached hydrogens (tertiary/aromatic N) is 2. The third-order valence-electron chi connectivity index (χ3n) is 6.59. The van der Waals surface area contributed by atoms with Gasteiger partial charge in [0.2, 0.25) is 0 Å². The van der Waals surface area contributed by atoms with Gasteiger partial charge in [0.1, 0.15) is 0 Å². The third kappa shape index (κ3) is 3.10. The maximum Gasteiger partial charge on any atom is 0.0994 e. The average Bonchev–Trinajstić information content (AvgIpc) is 3.23. The molecule has 0 aliphatic rings. The fourth-order valence-corrected chi connectivity index (χ4v) is 4.94. The van der Waals surface area contributed by atoms with E-state index >= 15 is 0 Å². The zero-order valence-electron chi connectivity index (χ0n) is 18.9. The second-order valence-electron chi connectivity index (χ2n) is 8.58. The Balaban J connectivity index is 1.79. The quantitative estimate of drug-likeness (QED) is 0.275. The molecule has 0 spiro atoms. The van der Waals surface area contributed by atoms with Gasteiger partial charge in [-0.3, -0.25) is 0 Å². The van der Waals surface area contributed by atoms with Crippen LogP contribution in [-0.4, -0.2) is 4.57 Å². The molecule has 0 unspecified atom stereocenters. The van der Waals surface area contributed by atoms with Crippen molar-refractivity contribution in [1.82, 2.24) is 4.57 Å². The number of hydrogen-bond acceptors (Lipinski definition) is 1. The topological polar surface area (TPSA) is 28.7 Å². The summed E-state index contributed by atoms with van der Waals surface area (Å²) in [4.78, 5) is 0. The van der Waals surface area contributed by atoms with Gasteiger partial charge in [0.15, 0.2) is 0 Å². The fraction of sp³-hybridized carbons (Fsp3) is 0.0312. The molecule has 0 fully saturated rings. The van der Waals surface area contributed by atoms with Crippen LogP contribution in [0.15, 0.2) is 115 Å². The molecule has 1 heterocycles. The van der Waals surface area contributed by atoms with E-state index < -0.39 is 0 Å². The van der Waals surface area contributed by atoms with Crippen LogP contribution in [0, 0.1) is 18.3 Å². The molecule has 2 nitrogen and oxygen atoms in total. The number of aromatic nitrogens is 1. The Labute approximate surface area is 199 Å². The maximum absolute atomic E-state index is 9.70. The summed E-state index contributed by atoms with van der Waals surface area (Å²) in [5.41, 5.74) is 9.61. The first-order valence-electron chi connectivity index (χ1n) is 11.4. The van der Waals surface area contributed by atoms with Gasteiger partial charge in [-0.25, -0.2) is 0 Å². The fourth-order valence-electron chi connectivity index (χ4n) is 4.94. The molecule has 5 aromatic carbocycles. The maximum atomic E-state index is 9.70. The van der Waals surface area contributed by atoms with E-state index in [1.165, 1.54) is 21.8 Å². The molecular formula is C32H22N2. The minimum absolute atomic E-state index is 0.704. The van der Waals surface area contributed by atoms with Crippen molar-refractivity contribution in [1.29, 1.82) is 5.26 Å². The van der Waals surface area contributed by atoms with Crippen LogP contribution in [0.1, 0.15) is 11.1 Å². The number of rotatable bonds is 3. The molecule has 0 bridgehead atoms. The molecule has 2 heteroatoms. The van der Waals surface area contributed by atoms with Crippen molar-refractivity contribution in [3.63, 3.8) is 0 Å². The van der Waals surface area contributed by atoms with Crippen LogP contribution in [-0.2, 0) is 0 Å². The normalized spacial score (nSPS) is 11.1. The molecule has 6 aromatic rings. The summed E-state index contributed by atoms with van der Waals surface area (Å²) in [5.74, 6) is 0. The second kappa shape index (κ2) is 8.06. The number of fused-ring (bicyclic) bond motifs is 3. The molecule has 0 atom stereocenters. The van der Waals surface area contributed by atoms with Crippen LogP contribution < -0.4 is 0 Å². The highest BCUT2D eigenvalue weighted by Gasteiger charge is 2.19. The lowest BCUT2D eigenvalue weighted by molar-refractivity contribution is 1.18. The second-order valence-corrected chi connectivity index (χ2v) is 8.58. The van der Waals surface area contributed by atoms with Gasteiger partial charge in [-0.15, -0.1) is 0 Å². The Morgan fingerprint density at radius 1 is 0.588 bits per heavy atom. The molecule has 0 saturated carbocycles. The molecule has 0 aliphatic heterocycles. The lowest BCUT2D eigenvalue weighted by Gasteiger charge is -2.19. The van der Waals surface area contributed by atoms with Crippen molar-refractivity contribution in [2.24, 2.45) is 0 Å². The first-order chi connectivity index (χ1) is 16.8. The Hall–Kier alpha value is -4.61. The summed E-state index contributed by atoms with van der Waals surface area (Å²) < 4.78 is 2.38. The minimum atomic E-state index is 0.704. The first-order valence-corrected chi connectivity index (χ1v) is 11.4. The van der Waals surface area contributed by atoms with Gasteiger partial charge in [0.05, 0.1) is 28.4 Å². The van der Waals surface area contributed by atoms with Crippen molar-refractivity contribution in [2.45, 2.75) is 6.92 Å². The van der Waals surface area contributed by atoms with Crippen LogP contribution in [0.25, 0.3) is 49.7 Å². The van der Waals surface area contributed by atoms with Crippen molar-refractivity contribution in [3.05, 3.63) is 126 Å². The van der Waals surface area contributed by atoms with Crippen LogP contribution in [0.4, 0.5) is 0 Å². The smallest absolute Gasteiger partial charge is 0.0994 e. The summed E-state index contributed by atoms with van der Waals surface area (Å²) in [6.07, 6.45) is 0. The van der Waals surface area contributed by atoms with Gasteiger partial charge in [0, 0.05) is 21.9 Å². The molecule has 0 aliphatic carbocycles. The minimum Gasteiger partial charge on any atom is -0.308 e. The van der Waals surface area contributed by atoms with E-state index in [0.717, 1.165) is 33.5 Å². The Bertz CT molecular complexity index is 1660. The largest absolute Gasteiger partial charge is 0.308 e. The lowest BCUT2D eigenvalue weighted by atomic mass is 9.94. The van der Waals surface area contributed by atoms with E-state index in [1.807, 2.05) is 25.1 Å². The van der Waals surface area contributed by atoms with Crippen LogP contribution in [0.2, 0.25) is 0 Å². The average molecular weight is 435 g/mol. The van der Waals surface area contributed by atoms with Gasteiger partial charge in [-0.1, -0.05) is 97.1 Å². The summed E-state index contributed by atoms with van der Waals surface area (Å²) >= 11 is 0. The number of nitriles is 1. The molecule has 0 amide bonds. The summed E-state index contributed by atoms with van der Waals surface area (Å²) in [6.45, 7) is 1.98. The molecular weight excluding hydrogens is 412 g/mol. The molecule has 0 saturated heterocycles. The van der Waals surface area contributed by atoms with Gasteiger partial charge >= 0.3 is 0 Å². The Morgan fingerprint density at radius 2 is 1.18 bits per heavy atom. The third-order valence-corrected chi connectivity index (χ3v) is 6.59. The standard InChI is InChI=1S/C32H22N2/c1-22-18-19-24(20-25(22)21-33)27-15-9-14-26(23-10-3-2-4-11-23)32(27)34-30-16-7-5-12-28(30)29-13-6-8-17-31(29)34/h2-20H,1H3. The number of para-hydroxylation sites is 3. The van der Waals surface area contributed by atoms with Crippen molar-refractivity contribution in [2.75, 3.05) is 0 Å². The van der Waals surface area contributed by atoms with E-state index in [2.05, 4.69) is 108 Å².